The summed E-state index contributed by atoms with van der Waals surface area (Å²) in [5, 5.41) is 4.16. The van der Waals surface area contributed by atoms with Gasteiger partial charge in [0.1, 0.15) is 11.5 Å². The number of ether oxygens (including phenoxy) is 1. The van der Waals surface area contributed by atoms with Crippen LogP contribution in [0.4, 0.5) is 8.78 Å². The number of hydrogen-bond donors (Lipinski definition) is 2. The van der Waals surface area contributed by atoms with Crippen LogP contribution in [0, 0.1) is 12.3 Å². The van der Waals surface area contributed by atoms with Gasteiger partial charge in [-0.15, -0.1) is 0 Å². The number of methoxy groups -OCH3 is 1. The summed E-state index contributed by atoms with van der Waals surface area (Å²) in [7, 11) is -1.03. The number of hydrogen-bond acceptors (Lipinski definition) is 6. The number of sulfonamides is 1. The van der Waals surface area contributed by atoms with Gasteiger partial charge in [-0.25, -0.2) is 21.9 Å². The van der Waals surface area contributed by atoms with Gasteiger partial charge in [0.25, 0.3) is 12.3 Å². The highest BCUT2D eigenvalue weighted by Gasteiger charge is 2.42. The van der Waals surface area contributed by atoms with E-state index in [0.717, 1.165) is 78.5 Å². The van der Waals surface area contributed by atoms with Gasteiger partial charge in [0, 0.05) is 47.2 Å². The summed E-state index contributed by atoms with van der Waals surface area (Å²) in [6.07, 6.45) is 4.05. The molecule has 2 N–H and O–H groups in total. The van der Waals surface area contributed by atoms with Crippen molar-refractivity contribution in [1.29, 1.82) is 0 Å². The first-order valence-electron chi connectivity index (χ1n) is 17.3. The zero-order chi connectivity index (χ0) is 35.7. The minimum Gasteiger partial charge on any atom is -0.497 e. The third-order valence-corrected chi connectivity index (χ3v) is 11.4. The molecule has 0 bridgehead atoms. The van der Waals surface area contributed by atoms with Crippen LogP contribution in [-0.4, -0.2) is 74.7 Å². The molecule has 268 valence electrons. The number of aromatic nitrogens is 1. The van der Waals surface area contributed by atoms with Gasteiger partial charge < -0.3 is 19.5 Å². The number of amides is 2. The Morgan fingerprint density at radius 3 is 2.39 bits per heavy atom. The lowest BCUT2D eigenvalue weighted by molar-refractivity contribution is -0.143. The zero-order valence-corrected chi connectivity index (χ0v) is 30.3. The van der Waals surface area contributed by atoms with E-state index in [1.165, 1.54) is 0 Å². The average Bonchev–Trinajstić information content (AvgIpc) is 3.56. The number of halogens is 2. The molecule has 2 atom stereocenters. The number of aryl methyl sites for hydroxylation is 1. The molecule has 2 aromatic carbocycles. The maximum Gasteiger partial charge on any atom is 0.264 e. The van der Waals surface area contributed by atoms with Crippen molar-refractivity contribution >= 4 is 32.7 Å². The number of likely N-dealkylation sites (tertiary alicyclic amines) is 1. The Bertz CT molecular complexity index is 1800. The maximum atomic E-state index is 14.5. The minimum atomic E-state index is -4.56. The summed E-state index contributed by atoms with van der Waals surface area (Å²) in [4.78, 5) is 29.8. The number of carbonyl (C=O) groups excluding carboxylic acids is 2. The van der Waals surface area contributed by atoms with E-state index in [4.69, 9.17) is 4.74 Å². The number of likely N-dealkylation sites (N-methyl/N-ethyl adjacent to an activating group) is 1. The largest absolute Gasteiger partial charge is 0.497 e. The lowest BCUT2D eigenvalue weighted by Gasteiger charge is -2.36. The Labute approximate surface area is 288 Å². The standard InChI is InChI=1S/C37H50F2N4O5S/c1-23-18-28(48-6)15-17-29(23)34-33(25-10-8-7-9-11-25)30-16-13-26(35(44)41-49(46,47)21-32(38)39)19-31(30)42(34)22-37(3,4)36(45)43-24(2)12-14-27(43)20-40-5/h13,15-19,24-25,27,32,40H,7-12,14,20-22H2,1-6H3,(H,41,44). The summed E-state index contributed by atoms with van der Waals surface area (Å²) < 4.78 is 60.0. The van der Waals surface area contributed by atoms with Crippen LogP contribution in [-0.2, 0) is 21.4 Å². The Morgan fingerprint density at radius 1 is 1.04 bits per heavy atom. The van der Waals surface area contributed by atoms with E-state index in [0.29, 0.717) is 18.6 Å². The molecule has 2 amide bonds. The lowest BCUT2D eigenvalue weighted by atomic mass is 9.81. The van der Waals surface area contributed by atoms with Crippen molar-refractivity contribution in [1.82, 2.24) is 19.5 Å². The highest BCUT2D eigenvalue weighted by Crippen LogP contribution is 2.46. The predicted molar refractivity (Wildman–Crippen MR) is 189 cm³/mol. The number of alkyl halides is 2. The molecule has 1 aliphatic heterocycles. The van der Waals surface area contributed by atoms with Crippen LogP contribution >= 0.6 is 0 Å². The van der Waals surface area contributed by atoms with Crippen molar-refractivity contribution in [3.63, 3.8) is 0 Å². The smallest absolute Gasteiger partial charge is 0.264 e. The third kappa shape index (κ3) is 7.80. The van der Waals surface area contributed by atoms with Gasteiger partial charge in [-0.3, -0.25) is 9.59 Å². The van der Waals surface area contributed by atoms with Gasteiger partial charge in [-0.1, -0.05) is 25.3 Å². The fourth-order valence-corrected chi connectivity index (χ4v) is 8.71. The van der Waals surface area contributed by atoms with Crippen molar-refractivity contribution < 1.29 is 31.5 Å². The molecule has 0 spiro atoms. The van der Waals surface area contributed by atoms with E-state index in [2.05, 4.69) is 16.8 Å². The van der Waals surface area contributed by atoms with Crippen LogP contribution in [0.1, 0.15) is 93.1 Å². The first-order chi connectivity index (χ1) is 23.2. The fourth-order valence-electron chi connectivity index (χ4n) is 7.90. The molecule has 1 saturated carbocycles. The molecule has 2 aliphatic rings. The van der Waals surface area contributed by atoms with E-state index in [-0.39, 0.29) is 29.5 Å². The van der Waals surface area contributed by atoms with Crippen molar-refractivity contribution in [3.8, 4) is 17.0 Å². The van der Waals surface area contributed by atoms with E-state index in [1.54, 1.807) is 19.2 Å². The molecule has 5 rings (SSSR count). The molecule has 1 aromatic heterocycles. The van der Waals surface area contributed by atoms with Crippen LogP contribution in [0.15, 0.2) is 36.4 Å². The van der Waals surface area contributed by atoms with Gasteiger partial charge in [0.2, 0.25) is 15.9 Å². The highest BCUT2D eigenvalue weighted by atomic mass is 32.2. The first-order valence-corrected chi connectivity index (χ1v) is 18.9. The van der Waals surface area contributed by atoms with Gasteiger partial charge in [0.05, 0.1) is 18.2 Å². The minimum absolute atomic E-state index is 0.0312. The molecule has 0 radical (unpaired) electrons. The number of fused-ring (bicyclic) bond motifs is 1. The fraction of sp³-hybridized carbons (Fsp3) is 0.568. The first kappa shape index (κ1) is 36.8. The Hall–Kier alpha value is -3.51. The molecule has 12 heteroatoms. The number of benzene rings is 2. The van der Waals surface area contributed by atoms with Crippen LogP contribution < -0.4 is 14.8 Å². The van der Waals surface area contributed by atoms with Crippen LogP contribution in [0.3, 0.4) is 0 Å². The van der Waals surface area contributed by atoms with Gasteiger partial charge in [-0.05, 0) is 108 Å². The molecular formula is C37H50F2N4O5S. The number of rotatable bonds is 12. The Balaban J connectivity index is 1.72. The van der Waals surface area contributed by atoms with Gasteiger partial charge in [-0.2, -0.15) is 0 Å². The molecule has 2 heterocycles. The topological polar surface area (TPSA) is 110 Å². The second-order valence-electron chi connectivity index (χ2n) is 14.4. The van der Waals surface area contributed by atoms with E-state index in [9.17, 15) is 26.8 Å². The van der Waals surface area contributed by atoms with Crippen molar-refractivity contribution in [2.45, 2.75) is 104 Å². The second-order valence-corrected chi connectivity index (χ2v) is 16.2. The molecule has 3 aromatic rings. The summed E-state index contributed by atoms with van der Waals surface area (Å²) in [6, 6.07) is 11.2. The van der Waals surface area contributed by atoms with E-state index >= 15 is 0 Å². The zero-order valence-electron chi connectivity index (χ0n) is 29.4. The average molecular weight is 701 g/mol. The summed E-state index contributed by atoms with van der Waals surface area (Å²) in [5.41, 5.74) is 3.93. The van der Waals surface area contributed by atoms with Crippen LogP contribution in [0.25, 0.3) is 22.2 Å². The van der Waals surface area contributed by atoms with Gasteiger partial charge >= 0.3 is 0 Å². The summed E-state index contributed by atoms with van der Waals surface area (Å²) >= 11 is 0. The number of nitrogens with zero attached hydrogens (tertiary/aromatic N) is 2. The third-order valence-electron chi connectivity index (χ3n) is 10.3. The normalized spacial score (nSPS) is 19.2. The Morgan fingerprint density at radius 2 is 1.76 bits per heavy atom. The number of nitrogens with one attached hydrogen (secondary N) is 2. The van der Waals surface area contributed by atoms with E-state index in [1.807, 2.05) is 61.7 Å². The summed E-state index contributed by atoms with van der Waals surface area (Å²) in [6.45, 7) is 9.03. The molecule has 1 saturated heterocycles. The number of carbonyl (C=O) groups is 2. The van der Waals surface area contributed by atoms with Gasteiger partial charge in [0.15, 0.2) is 0 Å². The quantitative estimate of drug-likeness (QED) is 0.220. The molecule has 9 nitrogen and oxygen atoms in total. The molecule has 1 aliphatic carbocycles. The Kier molecular flexibility index (Phi) is 11.1. The second kappa shape index (κ2) is 14.8. The molecule has 49 heavy (non-hydrogen) atoms. The maximum absolute atomic E-state index is 14.5. The van der Waals surface area contributed by atoms with Crippen molar-refractivity contribution in [3.05, 3.63) is 53.1 Å². The van der Waals surface area contributed by atoms with Crippen molar-refractivity contribution in [2.75, 3.05) is 26.5 Å². The molecule has 2 fully saturated rings. The van der Waals surface area contributed by atoms with Crippen molar-refractivity contribution in [2.24, 2.45) is 5.41 Å². The molecule has 2 unspecified atom stereocenters. The predicted octanol–water partition coefficient (Wildman–Crippen LogP) is 6.62. The lowest BCUT2D eigenvalue weighted by Crippen LogP contribution is -2.50. The highest BCUT2D eigenvalue weighted by molar-refractivity contribution is 7.90. The SMILES string of the molecule is CNCC1CCC(C)N1C(=O)C(C)(C)Cn1c(-c2ccc(OC)cc2C)c(C2CCCCC2)c2ccc(C(=O)NS(=O)(=O)CC(F)F)cc21. The monoisotopic (exact) mass is 700 g/mol. The van der Waals surface area contributed by atoms with Crippen LogP contribution in [0.5, 0.6) is 5.75 Å². The molecular weight excluding hydrogens is 650 g/mol. The van der Waals surface area contributed by atoms with Crippen LogP contribution in [0.2, 0.25) is 0 Å². The van der Waals surface area contributed by atoms with E-state index < -0.39 is 33.5 Å². The summed E-state index contributed by atoms with van der Waals surface area (Å²) in [5.74, 6) is -1.45.